The Morgan fingerprint density at radius 2 is 1.97 bits per heavy atom. The van der Waals surface area contributed by atoms with Crippen LogP contribution in [0.2, 0.25) is 0 Å². The number of halogens is 2. The third kappa shape index (κ3) is 2.39. The van der Waals surface area contributed by atoms with Gasteiger partial charge in [-0.05, 0) is 54.9 Å². The number of hydrogen-bond donors (Lipinski definition) is 0. The lowest BCUT2D eigenvalue weighted by atomic mass is 9.68. The van der Waals surface area contributed by atoms with Gasteiger partial charge in [-0.3, -0.25) is 0 Å². The largest absolute Gasteiger partial charge is 0.445 e. The predicted octanol–water partition coefficient (Wildman–Crippen LogP) is 4.42. The van der Waals surface area contributed by atoms with Gasteiger partial charge >= 0.3 is 6.09 Å². The summed E-state index contributed by atoms with van der Waals surface area (Å²) in [5, 5.41) is 8.71. The van der Waals surface area contributed by atoms with Crippen LogP contribution in [0.3, 0.4) is 0 Å². The van der Waals surface area contributed by atoms with Gasteiger partial charge < -0.3 is 9.64 Å². The normalized spacial score (nSPS) is 29.3. The molecule has 1 aromatic heterocycles. The monoisotopic (exact) mass is 399 g/mol. The summed E-state index contributed by atoms with van der Waals surface area (Å²) in [5.74, 6) is -1.09. The first-order chi connectivity index (χ1) is 13.7. The molecule has 152 valence electrons. The summed E-state index contributed by atoms with van der Waals surface area (Å²) >= 11 is 0. The van der Waals surface area contributed by atoms with E-state index in [0.29, 0.717) is 13.1 Å². The molecule has 1 amide bonds. The van der Waals surface area contributed by atoms with Gasteiger partial charge in [-0.25, -0.2) is 13.6 Å². The highest BCUT2D eigenvalue weighted by Crippen LogP contribution is 2.67. The van der Waals surface area contributed by atoms with Crippen LogP contribution in [0.15, 0.2) is 24.3 Å². The number of carbonyl (C=O) groups excluding carboxylic acids is 1. The van der Waals surface area contributed by atoms with Gasteiger partial charge in [0.05, 0.1) is 23.5 Å². The zero-order valence-electron chi connectivity index (χ0n) is 16.7. The van der Waals surface area contributed by atoms with Gasteiger partial charge in [0.1, 0.15) is 17.7 Å². The third-order valence-corrected chi connectivity index (χ3v) is 7.33. The average Bonchev–Trinajstić information content (AvgIpc) is 3.17. The van der Waals surface area contributed by atoms with Crippen LogP contribution in [0.5, 0.6) is 0 Å². The van der Waals surface area contributed by atoms with Crippen molar-refractivity contribution in [1.29, 1.82) is 0 Å². The van der Waals surface area contributed by atoms with Crippen LogP contribution < -0.4 is 0 Å². The molecule has 2 bridgehead atoms. The van der Waals surface area contributed by atoms with Gasteiger partial charge in [-0.2, -0.15) is 10.2 Å². The second kappa shape index (κ2) is 5.97. The minimum Gasteiger partial charge on any atom is -0.445 e. The molecular formula is C22H23F2N3O2. The number of amides is 1. The van der Waals surface area contributed by atoms with Gasteiger partial charge in [0, 0.05) is 12.0 Å². The minimum absolute atomic E-state index is 0.127. The maximum absolute atomic E-state index is 14.3. The van der Waals surface area contributed by atoms with Crippen molar-refractivity contribution < 1.29 is 18.3 Å². The molecule has 5 nitrogen and oxygen atoms in total. The third-order valence-electron chi connectivity index (χ3n) is 7.33. The highest BCUT2D eigenvalue weighted by Gasteiger charge is 2.64. The smallest absolute Gasteiger partial charge is 0.410 e. The topological polar surface area (TPSA) is 55.3 Å². The van der Waals surface area contributed by atoms with Gasteiger partial charge in [0.15, 0.2) is 0 Å². The fourth-order valence-electron chi connectivity index (χ4n) is 5.76. The second-order valence-corrected chi connectivity index (χ2v) is 9.10. The number of benzene rings is 1. The molecule has 1 saturated carbocycles. The van der Waals surface area contributed by atoms with Crippen LogP contribution >= 0.6 is 0 Å². The lowest BCUT2D eigenvalue weighted by Gasteiger charge is -2.40. The van der Waals surface area contributed by atoms with E-state index in [1.807, 2.05) is 6.92 Å². The van der Waals surface area contributed by atoms with Gasteiger partial charge in [0.25, 0.3) is 0 Å². The molecule has 1 aromatic carbocycles. The molecule has 2 heterocycles. The summed E-state index contributed by atoms with van der Waals surface area (Å²) in [4.78, 5) is 14.0. The number of cyclic esters (lactones) is 1. The Bertz CT molecular complexity index is 1000. The first kappa shape index (κ1) is 18.5. The van der Waals surface area contributed by atoms with E-state index in [1.54, 1.807) is 11.0 Å². The SMILES string of the molecule is C[C@@H]1CN(C[C@@]23CC[C@@H](c4cc(-c5c(F)cccc5F)nnc42)C3(C)C)C(=O)O1. The molecule has 7 heteroatoms. The molecule has 0 radical (unpaired) electrons. The minimum atomic E-state index is -0.648. The molecule has 2 aromatic rings. The molecule has 0 spiro atoms. The highest BCUT2D eigenvalue weighted by atomic mass is 19.1. The van der Waals surface area contributed by atoms with Crippen LogP contribution in [0.25, 0.3) is 11.3 Å². The Kier molecular flexibility index (Phi) is 3.80. The molecule has 0 unspecified atom stereocenters. The number of nitrogens with zero attached hydrogens (tertiary/aromatic N) is 3. The molecule has 3 atom stereocenters. The molecule has 1 saturated heterocycles. The Labute approximate surface area is 168 Å². The van der Waals surface area contributed by atoms with E-state index in [9.17, 15) is 13.6 Å². The van der Waals surface area contributed by atoms with Crippen molar-refractivity contribution in [3.05, 3.63) is 47.2 Å². The zero-order chi connectivity index (χ0) is 20.6. The van der Waals surface area contributed by atoms with E-state index < -0.39 is 11.6 Å². The van der Waals surface area contributed by atoms with Crippen molar-refractivity contribution >= 4 is 6.09 Å². The van der Waals surface area contributed by atoms with Crippen molar-refractivity contribution in [2.75, 3.05) is 13.1 Å². The summed E-state index contributed by atoms with van der Waals surface area (Å²) in [6, 6.07) is 5.59. The van der Waals surface area contributed by atoms with E-state index in [1.165, 1.54) is 18.2 Å². The molecule has 1 aliphatic heterocycles. The second-order valence-electron chi connectivity index (χ2n) is 9.10. The number of ether oxygens (including phenoxy) is 1. The zero-order valence-corrected chi connectivity index (χ0v) is 16.7. The Balaban J connectivity index is 1.60. The lowest BCUT2D eigenvalue weighted by molar-refractivity contribution is 0.121. The maximum atomic E-state index is 14.3. The summed E-state index contributed by atoms with van der Waals surface area (Å²) in [7, 11) is 0. The summed E-state index contributed by atoms with van der Waals surface area (Å²) in [6.45, 7) is 7.36. The van der Waals surface area contributed by atoms with E-state index >= 15 is 0 Å². The van der Waals surface area contributed by atoms with E-state index in [0.717, 1.165) is 24.1 Å². The summed E-state index contributed by atoms with van der Waals surface area (Å²) in [6.07, 6.45) is 1.43. The molecule has 29 heavy (non-hydrogen) atoms. The van der Waals surface area contributed by atoms with Gasteiger partial charge in [-0.15, -0.1) is 0 Å². The summed E-state index contributed by atoms with van der Waals surface area (Å²) < 4.78 is 33.9. The molecule has 2 fully saturated rings. The predicted molar refractivity (Wildman–Crippen MR) is 102 cm³/mol. The molecule has 5 rings (SSSR count). The quantitative estimate of drug-likeness (QED) is 0.767. The molecule has 3 aliphatic rings. The van der Waals surface area contributed by atoms with Crippen molar-refractivity contribution in [2.45, 2.75) is 51.0 Å². The number of carbonyl (C=O) groups is 1. The number of hydrogen-bond acceptors (Lipinski definition) is 4. The molecule has 0 N–H and O–H groups in total. The van der Waals surface area contributed by atoms with Gasteiger partial charge in [-0.1, -0.05) is 19.9 Å². The van der Waals surface area contributed by atoms with Crippen LogP contribution in [-0.2, 0) is 10.2 Å². The van der Waals surface area contributed by atoms with Crippen molar-refractivity contribution in [2.24, 2.45) is 5.41 Å². The highest BCUT2D eigenvalue weighted by molar-refractivity contribution is 5.70. The Morgan fingerprint density at radius 1 is 1.24 bits per heavy atom. The Morgan fingerprint density at radius 3 is 2.62 bits per heavy atom. The van der Waals surface area contributed by atoms with Crippen LogP contribution in [0.1, 0.15) is 50.8 Å². The van der Waals surface area contributed by atoms with Crippen molar-refractivity contribution in [3.8, 4) is 11.3 Å². The van der Waals surface area contributed by atoms with Crippen LogP contribution in [0.4, 0.5) is 13.6 Å². The molecule has 2 aliphatic carbocycles. The van der Waals surface area contributed by atoms with Crippen LogP contribution in [0, 0.1) is 17.0 Å². The van der Waals surface area contributed by atoms with E-state index in [2.05, 4.69) is 24.0 Å². The van der Waals surface area contributed by atoms with E-state index in [-0.39, 0.29) is 40.2 Å². The van der Waals surface area contributed by atoms with Crippen molar-refractivity contribution in [3.63, 3.8) is 0 Å². The first-order valence-electron chi connectivity index (χ1n) is 10.0. The fraction of sp³-hybridized carbons (Fsp3) is 0.500. The van der Waals surface area contributed by atoms with E-state index in [4.69, 9.17) is 4.74 Å². The van der Waals surface area contributed by atoms with Crippen LogP contribution in [-0.4, -0.2) is 40.4 Å². The Hall–Kier alpha value is -2.57. The number of rotatable bonds is 3. The summed E-state index contributed by atoms with van der Waals surface area (Å²) in [5.41, 5.74) is 1.43. The van der Waals surface area contributed by atoms with Crippen molar-refractivity contribution in [1.82, 2.24) is 15.1 Å². The molecular weight excluding hydrogens is 376 g/mol. The number of aromatic nitrogens is 2. The first-order valence-corrected chi connectivity index (χ1v) is 10.0. The number of fused-ring (bicyclic) bond motifs is 5. The fourth-order valence-corrected chi connectivity index (χ4v) is 5.76. The van der Waals surface area contributed by atoms with Gasteiger partial charge in [0.2, 0.25) is 0 Å². The lowest BCUT2D eigenvalue weighted by Crippen LogP contribution is -2.47. The standard InChI is InChI=1S/C22H23F2N3O2/c1-12-10-27(20(28)29-12)11-22-8-7-14(21(22,2)3)13-9-17(25-26-19(13)22)18-15(23)5-4-6-16(18)24/h4-6,9,12,14H,7-8,10-11H2,1-3H3/t12-,14+,22+/m1/s1. The average molecular weight is 399 g/mol. The maximum Gasteiger partial charge on any atom is 0.410 e.